The highest BCUT2D eigenvalue weighted by molar-refractivity contribution is 7.09. The highest BCUT2D eigenvalue weighted by Gasteiger charge is 2.19. The standard InChI is InChI=1S/C20H21N7O2S2/c1-2-16-17(29-13-28-16)9-14(1)11-21-3-4-23-15(10-18-24-6-8-30-18)19-25-20(26-31-19)27-7-5-22-12-27/h1-2,5-9,12,15,21,23H,3-4,10-11,13H2. The molecule has 1 aromatic carbocycles. The molecule has 1 aliphatic heterocycles. The molecule has 4 aromatic rings. The third-order valence-electron chi connectivity index (χ3n) is 4.79. The molecule has 0 radical (unpaired) electrons. The first kappa shape index (κ1) is 20.1. The minimum absolute atomic E-state index is 0.0493. The molecule has 2 N–H and O–H groups in total. The van der Waals surface area contributed by atoms with Gasteiger partial charge in [-0.05, 0) is 29.2 Å². The Hall–Kier alpha value is -2.86. The molecular weight excluding hydrogens is 434 g/mol. The quantitative estimate of drug-likeness (QED) is 0.352. The van der Waals surface area contributed by atoms with Crippen LogP contribution in [0.3, 0.4) is 0 Å². The first-order chi connectivity index (χ1) is 15.3. The molecule has 5 rings (SSSR count). The van der Waals surface area contributed by atoms with E-state index in [1.54, 1.807) is 23.9 Å². The largest absolute Gasteiger partial charge is 0.454 e. The molecule has 3 aromatic heterocycles. The summed E-state index contributed by atoms with van der Waals surface area (Å²) in [5, 5.41) is 11.1. The lowest BCUT2D eigenvalue weighted by Crippen LogP contribution is -2.31. The van der Waals surface area contributed by atoms with Gasteiger partial charge in [-0.1, -0.05) is 6.07 Å². The molecule has 0 spiro atoms. The van der Waals surface area contributed by atoms with Crippen molar-refractivity contribution in [3.8, 4) is 17.4 Å². The third-order valence-corrected chi connectivity index (χ3v) is 6.40. The Balaban J connectivity index is 1.17. The Morgan fingerprint density at radius 1 is 1.16 bits per heavy atom. The van der Waals surface area contributed by atoms with Crippen molar-refractivity contribution in [1.82, 2.24) is 34.5 Å². The maximum Gasteiger partial charge on any atom is 0.246 e. The van der Waals surface area contributed by atoms with Gasteiger partial charge < -0.3 is 20.1 Å². The fourth-order valence-electron chi connectivity index (χ4n) is 3.24. The Morgan fingerprint density at radius 2 is 2.13 bits per heavy atom. The van der Waals surface area contributed by atoms with E-state index >= 15 is 0 Å². The monoisotopic (exact) mass is 455 g/mol. The fraction of sp³-hybridized carbons (Fsp3) is 0.300. The Bertz CT molecular complexity index is 1100. The van der Waals surface area contributed by atoms with Crippen LogP contribution in [0.4, 0.5) is 0 Å². The number of hydrogen-bond donors (Lipinski definition) is 2. The van der Waals surface area contributed by atoms with Crippen LogP contribution in [0, 0.1) is 0 Å². The highest BCUT2D eigenvalue weighted by Crippen LogP contribution is 2.32. The third kappa shape index (κ3) is 4.90. The van der Waals surface area contributed by atoms with E-state index in [4.69, 9.17) is 14.5 Å². The number of nitrogens with zero attached hydrogens (tertiary/aromatic N) is 5. The average Bonchev–Trinajstić information content (AvgIpc) is 3.59. The molecule has 0 bridgehead atoms. The van der Waals surface area contributed by atoms with Crippen LogP contribution < -0.4 is 20.1 Å². The van der Waals surface area contributed by atoms with Crippen LogP contribution in [-0.2, 0) is 13.0 Å². The molecule has 9 nitrogen and oxygen atoms in total. The molecule has 0 saturated heterocycles. The summed E-state index contributed by atoms with van der Waals surface area (Å²) < 4.78 is 17.1. The van der Waals surface area contributed by atoms with E-state index in [0.717, 1.165) is 53.1 Å². The highest BCUT2D eigenvalue weighted by atomic mass is 32.1. The summed E-state index contributed by atoms with van der Waals surface area (Å²) in [6.45, 7) is 2.67. The number of nitrogens with one attached hydrogen (secondary N) is 2. The number of imidazole rings is 1. The maximum atomic E-state index is 5.44. The van der Waals surface area contributed by atoms with Crippen molar-refractivity contribution in [2.24, 2.45) is 0 Å². The number of thiazole rings is 1. The molecular formula is C20H21N7O2S2. The average molecular weight is 456 g/mol. The van der Waals surface area contributed by atoms with Gasteiger partial charge in [0.1, 0.15) is 11.3 Å². The van der Waals surface area contributed by atoms with Crippen LogP contribution in [0.5, 0.6) is 11.5 Å². The summed E-state index contributed by atoms with van der Waals surface area (Å²) in [5.74, 6) is 2.26. The molecule has 11 heteroatoms. The minimum Gasteiger partial charge on any atom is -0.454 e. The van der Waals surface area contributed by atoms with Crippen LogP contribution >= 0.6 is 22.9 Å². The van der Waals surface area contributed by atoms with Crippen LogP contribution in [0.15, 0.2) is 48.5 Å². The summed E-state index contributed by atoms with van der Waals surface area (Å²) in [6, 6.07) is 6.08. The van der Waals surface area contributed by atoms with Gasteiger partial charge in [-0.2, -0.15) is 4.37 Å². The number of fused-ring (bicyclic) bond motifs is 1. The van der Waals surface area contributed by atoms with E-state index in [1.807, 2.05) is 34.5 Å². The molecule has 4 heterocycles. The summed E-state index contributed by atoms with van der Waals surface area (Å²) in [7, 11) is 0. The predicted molar refractivity (Wildman–Crippen MR) is 118 cm³/mol. The van der Waals surface area contributed by atoms with Gasteiger partial charge in [-0.3, -0.25) is 4.57 Å². The topological polar surface area (TPSA) is 99.0 Å². The number of benzene rings is 1. The molecule has 1 aliphatic rings. The van der Waals surface area contributed by atoms with Crippen molar-refractivity contribution in [2.75, 3.05) is 19.9 Å². The van der Waals surface area contributed by atoms with Crippen LogP contribution in [0.25, 0.3) is 5.95 Å². The summed E-state index contributed by atoms with van der Waals surface area (Å²) in [5.41, 5.74) is 1.16. The zero-order valence-electron chi connectivity index (χ0n) is 16.6. The lowest BCUT2D eigenvalue weighted by Gasteiger charge is -2.15. The second kappa shape index (κ2) is 9.52. The minimum atomic E-state index is 0.0493. The van der Waals surface area contributed by atoms with Gasteiger partial charge in [0.15, 0.2) is 11.5 Å². The normalized spacial score (nSPS) is 13.5. The first-order valence-electron chi connectivity index (χ1n) is 9.88. The van der Waals surface area contributed by atoms with Gasteiger partial charge in [0.25, 0.3) is 0 Å². The van der Waals surface area contributed by atoms with Crippen molar-refractivity contribution < 1.29 is 9.47 Å². The smallest absolute Gasteiger partial charge is 0.246 e. The molecule has 0 saturated carbocycles. The van der Waals surface area contributed by atoms with E-state index in [1.165, 1.54) is 11.5 Å². The number of hydrogen-bond acceptors (Lipinski definition) is 10. The maximum absolute atomic E-state index is 5.44. The molecule has 0 amide bonds. The lowest BCUT2D eigenvalue weighted by molar-refractivity contribution is 0.174. The molecule has 31 heavy (non-hydrogen) atoms. The summed E-state index contributed by atoms with van der Waals surface area (Å²) in [6.07, 6.45) is 7.88. The van der Waals surface area contributed by atoms with Gasteiger partial charge in [-0.25, -0.2) is 15.0 Å². The predicted octanol–water partition coefficient (Wildman–Crippen LogP) is 2.57. The van der Waals surface area contributed by atoms with Crippen LogP contribution in [-0.4, -0.2) is 43.8 Å². The van der Waals surface area contributed by atoms with Gasteiger partial charge in [-0.15, -0.1) is 11.3 Å². The van der Waals surface area contributed by atoms with E-state index in [2.05, 4.69) is 31.0 Å². The van der Waals surface area contributed by atoms with Crippen molar-refractivity contribution in [3.63, 3.8) is 0 Å². The summed E-state index contributed by atoms with van der Waals surface area (Å²) in [4.78, 5) is 13.2. The molecule has 1 atom stereocenters. The van der Waals surface area contributed by atoms with Crippen LogP contribution in [0.2, 0.25) is 0 Å². The van der Waals surface area contributed by atoms with Gasteiger partial charge >= 0.3 is 0 Å². The van der Waals surface area contributed by atoms with Crippen molar-refractivity contribution in [1.29, 1.82) is 0 Å². The zero-order chi connectivity index (χ0) is 20.9. The fourth-order valence-corrected chi connectivity index (χ4v) is 4.63. The zero-order valence-corrected chi connectivity index (χ0v) is 18.2. The SMILES string of the molecule is c1cn(-c2nsc(C(Cc3nccs3)NCCNCc3ccc4c(c3)OCO4)n2)cn1. The second-order valence-corrected chi connectivity index (χ2v) is 8.67. The molecule has 160 valence electrons. The van der Waals surface area contributed by atoms with E-state index in [-0.39, 0.29) is 6.04 Å². The first-order valence-corrected chi connectivity index (χ1v) is 11.5. The van der Waals surface area contributed by atoms with Gasteiger partial charge in [0.2, 0.25) is 12.7 Å². The number of ether oxygens (including phenoxy) is 2. The number of rotatable bonds is 10. The second-order valence-electron chi connectivity index (χ2n) is 6.90. The van der Waals surface area contributed by atoms with Crippen LogP contribution in [0.1, 0.15) is 21.6 Å². The van der Waals surface area contributed by atoms with Crippen molar-refractivity contribution in [3.05, 3.63) is 64.1 Å². The summed E-state index contributed by atoms with van der Waals surface area (Å²) >= 11 is 3.06. The Kier molecular flexibility index (Phi) is 6.16. The van der Waals surface area contributed by atoms with Crippen molar-refractivity contribution >= 4 is 22.9 Å². The van der Waals surface area contributed by atoms with Gasteiger partial charge in [0, 0.05) is 50.0 Å². The molecule has 1 unspecified atom stereocenters. The Morgan fingerprint density at radius 3 is 3.00 bits per heavy atom. The molecule has 0 aliphatic carbocycles. The van der Waals surface area contributed by atoms with E-state index < -0.39 is 0 Å². The Labute approximate surface area is 187 Å². The van der Waals surface area contributed by atoms with E-state index in [0.29, 0.717) is 12.7 Å². The van der Waals surface area contributed by atoms with Gasteiger partial charge in [0.05, 0.1) is 11.0 Å². The number of aromatic nitrogens is 5. The van der Waals surface area contributed by atoms with Crippen molar-refractivity contribution in [2.45, 2.75) is 19.0 Å². The lowest BCUT2D eigenvalue weighted by atomic mass is 10.2. The van der Waals surface area contributed by atoms with E-state index in [9.17, 15) is 0 Å². The molecule has 0 fully saturated rings.